The molecule has 0 aliphatic carbocycles. The maximum absolute atomic E-state index is 13.9. The second kappa shape index (κ2) is 11.0. The molecule has 0 saturated carbocycles. The third-order valence-electron chi connectivity index (χ3n) is 5.74. The van der Waals surface area contributed by atoms with Crippen molar-refractivity contribution in [3.05, 3.63) is 81.7 Å². The minimum atomic E-state index is -5.05. The second-order valence-corrected chi connectivity index (χ2v) is 8.15. The van der Waals surface area contributed by atoms with Gasteiger partial charge in [0, 0.05) is 6.07 Å². The van der Waals surface area contributed by atoms with Crippen LogP contribution >= 0.6 is 0 Å². The van der Waals surface area contributed by atoms with E-state index in [4.69, 9.17) is 28.1 Å². The van der Waals surface area contributed by atoms with Crippen LogP contribution in [0.4, 0.5) is 13.2 Å². The van der Waals surface area contributed by atoms with Crippen LogP contribution in [0, 0.1) is 0 Å². The Morgan fingerprint density at radius 2 is 1.46 bits per heavy atom. The standard InChI is InChI=1S/C28H23F3O8/c1-5-15-6-8-17(9-7-15)37-25-23(32)19-11-10-18(14-20(19)39-26(25)28(29,30)31)38-27(33)16-12-21(34-2)24(36-4)22(13-16)35-3/h6-14H,5H2,1-4H3. The fourth-order valence-corrected chi connectivity index (χ4v) is 3.78. The first-order chi connectivity index (χ1) is 18.6. The van der Waals surface area contributed by atoms with Crippen LogP contribution in [0.1, 0.15) is 28.6 Å². The van der Waals surface area contributed by atoms with Crippen molar-refractivity contribution in [2.24, 2.45) is 0 Å². The number of hydrogen-bond acceptors (Lipinski definition) is 8. The summed E-state index contributed by atoms with van der Waals surface area (Å²) in [6.07, 6.45) is -4.33. The van der Waals surface area contributed by atoms with Crippen LogP contribution in [0.5, 0.6) is 34.5 Å². The van der Waals surface area contributed by atoms with E-state index in [1.54, 1.807) is 12.1 Å². The number of carbonyl (C=O) groups excluding carboxylic acids is 1. The lowest BCUT2D eigenvalue weighted by atomic mass is 10.1. The lowest BCUT2D eigenvalue weighted by Gasteiger charge is -2.14. The molecule has 4 aromatic rings. The summed E-state index contributed by atoms with van der Waals surface area (Å²) in [6, 6.07) is 12.4. The van der Waals surface area contributed by atoms with E-state index in [0.717, 1.165) is 18.1 Å². The normalized spacial score (nSPS) is 11.3. The van der Waals surface area contributed by atoms with Gasteiger partial charge in [-0.3, -0.25) is 4.79 Å². The lowest BCUT2D eigenvalue weighted by molar-refractivity contribution is -0.154. The molecule has 39 heavy (non-hydrogen) atoms. The average Bonchev–Trinajstić information content (AvgIpc) is 2.93. The summed E-state index contributed by atoms with van der Waals surface area (Å²) in [5.41, 5.74) is -0.528. The van der Waals surface area contributed by atoms with Crippen molar-refractivity contribution < 1.29 is 46.1 Å². The maximum Gasteiger partial charge on any atom is 0.453 e. The van der Waals surface area contributed by atoms with Crippen LogP contribution in [0.25, 0.3) is 11.0 Å². The van der Waals surface area contributed by atoms with Crippen LogP contribution in [-0.4, -0.2) is 27.3 Å². The topological polar surface area (TPSA) is 93.4 Å². The number of rotatable bonds is 8. The minimum absolute atomic E-state index is 0.0138. The number of halogens is 3. The molecule has 1 heterocycles. The third kappa shape index (κ3) is 5.62. The number of benzene rings is 3. The van der Waals surface area contributed by atoms with E-state index in [1.165, 1.54) is 57.7 Å². The Balaban J connectivity index is 1.72. The van der Waals surface area contributed by atoms with Gasteiger partial charge in [-0.05, 0) is 48.4 Å². The number of ether oxygens (including phenoxy) is 5. The Hall–Kier alpha value is -4.67. The molecule has 0 unspecified atom stereocenters. The average molecular weight is 544 g/mol. The fourth-order valence-electron chi connectivity index (χ4n) is 3.78. The summed E-state index contributed by atoms with van der Waals surface area (Å²) < 4.78 is 73.1. The molecule has 0 bridgehead atoms. The van der Waals surface area contributed by atoms with Gasteiger partial charge in [0.15, 0.2) is 11.5 Å². The zero-order valence-corrected chi connectivity index (χ0v) is 21.3. The number of hydrogen-bond donors (Lipinski definition) is 0. The number of esters is 1. The number of fused-ring (bicyclic) bond motifs is 1. The van der Waals surface area contributed by atoms with Gasteiger partial charge in [0.25, 0.3) is 5.76 Å². The van der Waals surface area contributed by atoms with Gasteiger partial charge in [-0.15, -0.1) is 0 Å². The van der Waals surface area contributed by atoms with Gasteiger partial charge in [-0.25, -0.2) is 4.79 Å². The molecule has 0 atom stereocenters. The van der Waals surface area contributed by atoms with Crippen LogP contribution in [-0.2, 0) is 12.6 Å². The van der Waals surface area contributed by atoms with Crippen molar-refractivity contribution in [3.8, 4) is 34.5 Å². The Kier molecular flexibility index (Phi) is 7.70. The largest absolute Gasteiger partial charge is 0.493 e. The molecular weight excluding hydrogens is 521 g/mol. The molecule has 0 spiro atoms. The van der Waals surface area contributed by atoms with Crippen molar-refractivity contribution in [2.45, 2.75) is 19.5 Å². The molecule has 4 rings (SSSR count). The highest BCUT2D eigenvalue weighted by molar-refractivity contribution is 5.93. The first-order valence-corrected chi connectivity index (χ1v) is 11.6. The number of methoxy groups -OCH3 is 3. The molecule has 204 valence electrons. The van der Waals surface area contributed by atoms with E-state index in [0.29, 0.717) is 0 Å². The van der Waals surface area contributed by atoms with Gasteiger partial charge < -0.3 is 28.1 Å². The van der Waals surface area contributed by atoms with E-state index in [9.17, 15) is 22.8 Å². The fraction of sp³-hybridized carbons (Fsp3) is 0.214. The van der Waals surface area contributed by atoms with Crippen LogP contribution in [0.2, 0.25) is 0 Å². The van der Waals surface area contributed by atoms with Gasteiger partial charge in [-0.2, -0.15) is 13.2 Å². The first kappa shape index (κ1) is 27.4. The zero-order valence-electron chi connectivity index (χ0n) is 21.3. The highest BCUT2D eigenvalue weighted by Crippen LogP contribution is 2.40. The third-order valence-corrected chi connectivity index (χ3v) is 5.74. The predicted octanol–water partition coefficient (Wildman–Crippen LogP) is 6.41. The van der Waals surface area contributed by atoms with E-state index in [2.05, 4.69) is 0 Å². The van der Waals surface area contributed by atoms with Gasteiger partial charge >= 0.3 is 12.1 Å². The molecule has 0 radical (unpaired) electrons. The molecule has 0 fully saturated rings. The molecule has 1 aromatic heterocycles. The molecule has 0 N–H and O–H groups in total. The molecular formula is C28H23F3O8. The summed E-state index contributed by atoms with van der Waals surface area (Å²) >= 11 is 0. The quantitative estimate of drug-likeness (QED) is 0.186. The lowest BCUT2D eigenvalue weighted by Crippen LogP contribution is -2.15. The van der Waals surface area contributed by atoms with E-state index < -0.39 is 34.7 Å². The summed E-state index contributed by atoms with van der Waals surface area (Å²) in [6.45, 7) is 1.92. The second-order valence-electron chi connectivity index (χ2n) is 8.15. The molecule has 0 aliphatic rings. The first-order valence-electron chi connectivity index (χ1n) is 11.6. The van der Waals surface area contributed by atoms with Gasteiger partial charge in [-0.1, -0.05) is 19.1 Å². The summed E-state index contributed by atoms with van der Waals surface area (Å²) in [5, 5.41) is -0.198. The number of carbonyl (C=O) groups is 1. The molecule has 3 aromatic carbocycles. The van der Waals surface area contributed by atoms with Gasteiger partial charge in [0.05, 0.1) is 32.3 Å². The predicted molar refractivity (Wildman–Crippen MR) is 134 cm³/mol. The van der Waals surface area contributed by atoms with Gasteiger partial charge in [0.2, 0.25) is 16.9 Å². The van der Waals surface area contributed by atoms with E-state index in [1.807, 2.05) is 6.92 Å². The number of alkyl halides is 3. The minimum Gasteiger partial charge on any atom is -0.493 e. The number of aryl methyl sites for hydroxylation is 1. The molecule has 11 heteroatoms. The maximum atomic E-state index is 13.9. The van der Waals surface area contributed by atoms with Gasteiger partial charge in [0.1, 0.15) is 17.1 Å². The Morgan fingerprint density at radius 3 is 2.00 bits per heavy atom. The zero-order chi connectivity index (χ0) is 28.3. The molecule has 0 amide bonds. The Morgan fingerprint density at radius 1 is 0.846 bits per heavy atom. The Labute approximate surface area is 220 Å². The van der Waals surface area contributed by atoms with Crippen LogP contribution < -0.4 is 29.1 Å². The van der Waals surface area contributed by atoms with E-state index in [-0.39, 0.29) is 39.7 Å². The Bertz CT molecular complexity index is 1550. The van der Waals surface area contributed by atoms with Crippen molar-refractivity contribution >= 4 is 16.9 Å². The van der Waals surface area contributed by atoms with E-state index >= 15 is 0 Å². The summed E-state index contributed by atoms with van der Waals surface area (Å²) in [4.78, 5) is 25.9. The molecule has 0 saturated heterocycles. The van der Waals surface area contributed by atoms with Crippen molar-refractivity contribution in [2.75, 3.05) is 21.3 Å². The van der Waals surface area contributed by atoms with Crippen LogP contribution in [0.3, 0.4) is 0 Å². The van der Waals surface area contributed by atoms with Crippen molar-refractivity contribution in [1.29, 1.82) is 0 Å². The monoisotopic (exact) mass is 544 g/mol. The molecule has 0 aliphatic heterocycles. The van der Waals surface area contributed by atoms with Crippen molar-refractivity contribution in [1.82, 2.24) is 0 Å². The SMILES string of the molecule is CCc1ccc(Oc2c(C(F)(F)F)oc3cc(OC(=O)c4cc(OC)c(OC)c(OC)c4)ccc3c2=O)cc1. The smallest absolute Gasteiger partial charge is 0.453 e. The summed E-state index contributed by atoms with van der Waals surface area (Å²) in [7, 11) is 4.14. The highest BCUT2D eigenvalue weighted by Gasteiger charge is 2.40. The highest BCUT2D eigenvalue weighted by atomic mass is 19.4. The summed E-state index contributed by atoms with van der Waals surface area (Å²) in [5.74, 6) is -2.97. The van der Waals surface area contributed by atoms with Crippen LogP contribution in [0.15, 0.2) is 63.8 Å². The van der Waals surface area contributed by atoms with Crippen molar-refractivity contribution in [3.63, 3.8) is 0 Å². The molecule has 8 nitrogen and oxygen atoms in total.